The summed E-state index contributed by atoms with van der Waals surface area (Å²) >= 11 is -5.39. The minimum atomic E-state index is -5.39. The van der Waals surface area contributed by atoms with E-state index in [1.807, 2.05) is 72.8 Å². The van der Waals surface area contributed by atoms with Crippen LogP contribution in [-0.2, 0) is 37.4 Å². The van der Waals surface area contributed by atoms with Crippen molar-refractivity contribution in [2.45, 2.75) is 38.8 Å². The Balaban J connectivity index is 1.78. The van der Waals surface area contributed by atoms with Crippen LogP contribution in [0.4, 0.5) is 0 Å². The number of hydrogen-bond acceptors (Lipinski definition) is 6. The fourth-order valence-corrected chi connectivity index (χ4v) is 16.2. The van der Waals surface area contributed by atoms with E-state index in [0.29, 0.717) is 6.25 Å². The molecular formula is C34H34N2O6Pb. The summed E-state index contributed by atoms with van der Waals surface area (Å²) in [5.74, 6) is -2.21. The maximum atomic E-state index is 14.0. The number of amides is 2. The van der Waals surface area contributed by atoms with E-state index in [4.69, 9.17) is 5.37 Å². The van der Waals surface area contributed by atoms with Crippen molar-refractivity contribution < 1.29 is 24.6 Å². The second kappa shape index (κ2) is 15.2. The van der Waals surface area contributed by atoms with Gasteiger partial charge in [-0.05, 0) is 0 Å². The monoisotopic (exact) mass is 774 g/mol. The van der Waals surface area contributed by atoms with E-state index in [1.165, 1.54) is 13.8 Å². The predicted molar refractivity (Wildman–Crippen MR) is 166 cm³/mol. The maximum absolute atomic E-state index is 14.0. The first-order chi connectivity index (χ1) is 20.8. The van der Waals surface area contributed by atoms with Crippen LogP contribution >= 0.6 is 0 Å². The molecule has 4 rings (SSSR count). The summed E-state index contributed by atoms with van der Waals surface area (Å²) in [7, 11) is 0. The molecule has 0 aliphatic heterocycles. The third kappa shape index (κ3) is 8.84. The third-order valence-electron chi connectivity index (χ3n) is 6.69. The Morgan fingerprint density at radius 2 is 0.837 bits per heavy atom. The van der Waals surface area contributed by atoms with Gasteiger partial charge in [0.25, 0.3) is 0 Å². The summed E-state index contributed by atoms with van der Waals surface area (Å²) in [6, 6.07) is 34.4. The van der Waals surface area contributed by atoms with Crippen LogP contribution in [0.15, 0.2) is 121 Å². The van der Waals surface area contributed by atoms with Gasteiger partial charge < -0.3 is 0 Å². The van der Waals surface area contributed by atoms with Gasteiger partial charge >= 0.3 is 258 Å². The Labute approximate surface area is 257 Å². The van der Waals surface area contributed by atoms with Crippen molar-refractivity contribution in [1.29, 1.82) is 0 Å². The van der Waals surface area contributed by atoms with E-state index in [9.17, 15) is 19.2 Å². The average molecular weight is 774 g/mol. The van der Waals surface area contributed by atoms with Gasteiger partial charge in [0.15, 0.2) is 0 Å². The van der Waals surface area contributed by atoms with Gasteiger partial charge in [0.05, 0.1) is 0 Å². The SMILES string of the molecule is CC(=O)NC(Cc1ccccc1)C(=O)[O][Pb]([O]C(=O)C(Cc1ccccc1)NC(C)=O)([c]1ccccc1)[c]1ccccc1. The number of hydrogen-bond donors (Lipinski definition) is 2. The summed E-state index contributed by atoms with van der Waals surface area (Å²) < 4.78 is 14.0. The molecule has 2 atom stereocenters. The molecule has 0 heterocycles. The summed E-state index contributed by atoms with van der Waals surface area (Å²) in [5, 5.41) is 5.43. The van der Waals surface area contributed by atoms with Crippen LogP contribution in [0.25, 0.3) is 0 Å². The summed E-state index contributed by atoms with van der Waals surface area (Å²) in [6.45, 7) is 2.66. The topological polar surface area (TPSA) is 111 Å². The van der Waals surface area contributed by atoms with Crippen LogP contribution in [0.1, 0.15) is 25.0 Å². The summed E-state index contributed by atoms with van der Waals surface area (Å²) in [5.41, 5.74) is 1.65. The zero-order valence-electron chi connectivity index (χ0n) is 24.1. The van der Waals surface area contributed by atoms with E-state index < -0.39 is 57.9 Å². The van der Waals surface area contributed by atoms with Crippen molar-refractivity contribution in [1.82, 2.24) is 10.6 Å². The first kappa shape index (κ1) is 31.6. The van der Waals surface area contributed by atoms with Crippen LogP contribution < -0.4 is 16.9 Å². The van der Waals surface area contributed by atoms with Crippen molar-refractivity contribution in [3.8, 4) is 0 Å². The van der Waals surface area contributed by atoms with Gasteiger partial charge in [-0.3, -0.25) is 0 Å². The standard InChI is InChI=1S/2C11H13NO3.2C6H5.Pb/c2*1-8(13)12-10(11(14)15)7-9-5-3-2-4-6-9;2*1-2-4-6-5-3-1;/h2*2-6,10H,7H2,1H3,(H,12,13)(H,14,15);2*1-5H;/q;;;;+2/p-2. The van der Waals surface area contributed by atoms with Gasteiger partial charge in [0.2, 0.25) is 0 Å². The minimum absolute atomic E-state index is 0.184. The van der Waals surface area contributed by atoms with Crippen LogP contribution in [0.3, 0.4) is 0 Å². The fraction of sp³-hybridized carbons (Fsp3) is 0.176. The molecule has 0 radical (unpaired) electrons. The van der Waals surface area contributed by atoms with Gasteiger partial charge in [0.1, 0.15) is 0 Å². The number of carbonyl (C=O) groups excluding carboxylic acids is 4. The van der Waals surface area contributed by atoms with Crippen molar-refractivity contribution in [2.24, 2.45) is 0 Å². The molecule has 2 amide bonds. The Kier molecular flexibility index (Phi) is 11.2. The molecule has 8 nitrogen and oxygen atoms in total. The van der Waals surface area contributed by atoms with Crippen LogP contribution in [0.5, 0.6) is 0 Å². The van der Waals surface area contributed by atoms with Gasteiger partial charge in [-0.2, -0.15) is 0 Å². The molecule has 0 aliphatic rings. The molecule has 0 aliphatic carbocycles. The molecule has 2 unspecified atom stereocenters. The van der Waals surface area contributed by atoms with Crippen molar-refractivity contribution >= 4 is 52.1 Å². The summed E-state index contributed by atoms with van der Waals surface area (Å²) in [4.78, 5) is 52.4. The second-order valence-corrected chi connectivity index (χ2v) is 20.9. The molecule has 43 heavy (non-hydrogen) atoms. The molecular weight excluding hydrogens is 740 g/mol. The average Bonchev–Trinajstić information content (AvgIpc) is 3.01. The molecule has 9 heteroatoms. The molecule has 0 fully saturated rings. The van der Waals surface area contributed by atoms with Gasteiger partial charge in [-0.15, -0.1) is 0 Å². The second-order valence-electron chi connectivity index (χ2n) is 10.1. The number of rotatable bonds is 12. The number of nitrogens with one attached hydrogen (secondary N) is 2. The fourth-order valence-electron chi connectivity index (χ4n) is 4.74. The first-order valence-corrected chi connectivity index (χ1v) is 21.0. The molecule has 220 valence electrons. The quantitative estimate of drug-likeness (QED) is 0.215. The molecule has 2 N–H and O–H groups in total. The molecule has 4 aromatic carbocycles. The van der Waals surface area contributed by atoms with Crippen molar-refractivity contribution in [2.75, 3.05) is 0 Å². The van der Waals surface area contributed by atoms with Crippen LogP contribution in [0, 0.1) is 0 Å². The Morgan fingerprint density at radius 3 is 1.14 bits per heavy atom. The van der Waals surface area contributed by atoms with E-state index >= 15 is 0 Å². The Hall–Kier alpha value is -4.32. The predicted octanol–water partition coefficient (Wildman–Crippen LogP) is 2.82. The molecule has 4 aromatic rings. The normalized spacial score (nSPS) is 12.3. The molecule has 0 spiro atoms. The Morgan fingerprint density at radius 1 is 0.535 bits per heavy atom. The van der Waals surface area contributed by atoms with Crippen molar-refractivity contribution in [3.05, 3.63) is 132 Å². The van der Waals surface area contributed by atoms with Crippen molar-refractivity contribution in [3.63, 3.8) is 0 Å². The van der Waals surface area contributed by atoms with Crippen LogP contribution in [-0.4, -0.2) is 57.9 Å². The van der Waals surface area contributed by atoms with E-state index in [2.05, 4.69) is 10.6 Å². The third-order valence-corrected chi connectivity index (χ3v) is 19.0. The molecule has 0 aromatic heterocycles. The summed E-state index contributed by atoms with van der Waals surface area (Å²) in [6.07, 6.45) is 0.368. The van der Waals surface area contributed by atoms with Gasteiger partial charge in [-0.25, -0.2) is 0 Å². The zero-order valence-corrected chi connectivity index (χ0v) is 28.0. The number of benzene rings is 4. The first-order valence-electron chi connectivity index (χ1n) is 14.0. The number of carbonyl (C=O) groups is 4. The zero-order chi connectivity index (χ0) is 30.7. The molecule has 0 saturated heterocycles. The molecule has 0 saturated carbocycles. The molecule has 0 bridgehead atoms. The Bertz CT molecular complexity index is 1400. The van der Waals surface area contributed by atoms with Gasteiger partial charge in [0, 0.05) is 0 Å². The van der Waals surface area contributed by atoms with Gasteiger partial charge in [-0.1, -0.05) is 0 Å². The van der Waals surface area contributed by atoms with E-state index in [0.717, 1.165) is 11.1 Å². The van der Waals surface area contributed by atoms with E-state index in [1.54, 1.807) is 48.5 Å². The van der Waals surface area contributed by atoms with E-state index in [-0.39, 0.29) is 12.8 Å². The van der Waals surface area contributed by atoms with Crippen LogP contribution in [0.2, 0.25) is 0 Å².